The lowest BCUT2D eigenvalue weighted by atomic mass is 10.1. The number of aromatic nitrogens is 1. The zero-order valence-electron chi connectivity index (χ0n) is 16.7. The van der Waals surface area contributed by atoms with Crippen molar-refractivity contribution >= 4 is 5.96 Å². The molecule has 2 aromatic rings. The van der Waals surface area contributed by atoms with Crippen molar-refractivity contribution in [2.45, 2.75) is 26.7 Å². The van der Waals surface area contributed by atoms with Gasteiger partial charge in [-0.15, -0.1) is 0 Å². The highest BCUT2D eigenvalue weighted by Crippen LogP contribution is 2.27. The standard InChI is InChI=1S/C21H30N4O2/c1-5-22-21(24-13-11-18-7-6-16(2)25-15-18)23-12-10-17-8-9-19(26-3)20(14-17)27-4/h6-9,14-15H,5,10-13H2,1-4H3,(H2,22,23,24). The molecule has 1 heterocycles. The van der Waals surface area contributed by atoms with E-state index in [4.69, 9.17) is 9.47 Å². The number of ether oxygens (including phenoxy) is 2. The lowest BCUT2D eigenvalue weighted by Crippen LogP contribution is -2.38. The summed E-state index contributed by atoms with van der Waals surface area (Å²) in [6, 6.07) is 10.1. The van der Waals surface area contributed by atoms with Crippen molar-refractivity contribution in [2.75, 3.05) is 33.9 Å². The van der Waals surface area contributed by atoms with Crippen LogP contribution in [0.3, 0.4) is 0 Å². The monoisotopic (exact) mass is 370 g/mol. The summed E-state index contributed by atoms with van der Waals surface area (Å²) >= 11 is 0. The first-order valence-electron chi connectivity index (χ1n) is 9.31. The van der Waals surface area contributed by atoms with Crippen LogP contribution in [-0.2, 0) is 12.8 Å². The molecule has 0 unspecified atom stereocenters. The van der Waals surface area contributed by atoms with Crippen molar-refractivity contribution in [1.29, 1.82) is 0 Å². The highest BCUT2D eigenvalue weighted by molar-refractivity contribution is 5.79. The van der Waals surface area contributed by atoms with Crippen molar-refractivity contribution in [1.82, 2.24) is 15.6 Å². The van der Waals surface area contributed by atoms with E-state index >= 15 is 0 Å². The minimum absolute atomic E-state index is 0.691. The average Bonchev–Trinajstić information content (AvgIpc) is 2.69. The van der Waals surface area contributed by atoms with Crippen LogP contribution in [0.1, 0.15) is 23.7 Å². The van der Waals surface area contributed by atoms with Crippen LogP contribution in [0, 0.1) is 6.92 Å². The summed E-state index contributed by atoms with van der Waals surface area (Å²) in [5, 5.41) is 6.66. The van der Waals surface area contributed by atoms with E-state index in [0.29, 0.717) is 6.54 Å². The fraction of sp³-hybridized carbons (Fsp3) is 0.429. The first-order chi connectivity index (χ1) is 13.2. The van der Waals surface area contributed by atoms with Crippen molar-refractivity contribution in [3.8, 4) is 11.5 Å². The Morgan fingerprint density at radius 3 is 2.44 bits per heavy atom. The molecule has 0 saturated carbocycles. The molecule has 0 aliphatic carbocycles. The highest BCUT2D eigenvalue weighted by Gasteiger charge is 2.04. The summed E-state index contributed by atoms with van der Waals surface area (Å²) in [6.45, 7) is 6.39. The second-order valence-electron chi connectivity index (χ2n) is 6.18. The van der Waals surface area contributed by atoms with Crippen LogP contribution in [0.5, 0.6) is 11.5 Å². The van der Waals surface area contributed by atoms with Crippen molar-refractivity contribution < 1.29 is 9.47 Å². The zero-order valence-corrected chi connectivity index (χ0v) is 16.7. The maximum Gasteiger partial charge on any atom is 0.191 e. The number of methoxy groups -OCH3 is 2. The fourth-order valence-electron chi connectivity index (χ4n) is 2.65. The number of aryl methyl sites for hydroxylation is 1. The normalized spacial score (nSPS) is 11.2. The second kappa shape index (κ2) is 11.1. The van der Waals surface area contributed by atoms with Gasteiger partial charge in [0.2, 0.25) is 0 Å². The summed E-state index contributed by atoms with van der Waals surface area (Å²) in [6.07, 6.45) is 3.67. The predicted molar refractivity (Wildman–Crippen MR) is 110 cm³/mol. The second-order valence-corrected chi connectivity index (χ2v) is 6.18. The Morgan fingerprint density at radius 2 is 1.78 bits per heavy atom. The SMILES string of the molecule is CCNC(=NCCc1ccc(OC)c(OC)c1)NCCc1ccc(C)nc1. The Kier molecular flexibility index (Phi) is 8.42. The minimum Gasteiger partial charge on any atom is -0.493 e. The lowest BCUT2D eigenvalue weighted by Gasteiger charge is -2.12. The Bertz CT molecular complexity index is 729. The largest absolute Gasteiger partial charge is 0.493 e. The topological polar surface area (TPSA) is 67.8 Å². The summed E-state index contributed by atoms with van der Waals surface area (Å²) in [5.74, 6) is 2.32. The number of nitrogens with one attached hydrogen (secondary N) is 2. The molecule has 0 radical (unpaired) electrons. The Morgan fingerprint density at radius 1 is 1.00 bits per heavy atom. The zero-order chi connectivity index (χ0) is 19.5. The van der Waals surface area contributed by atoms with Crippen LogP contribution < -0.4 is 20.1 Å². The van der Waals surface area contributed by atoms with Gasteiger partial charge >= 0.3 is 0 Å². The summed E-state index contributed by atoms with van der Waals surface area (Å²) in [5.41, 5.74) is 3.42. The lowest BCUT2D eigenvalue weighted by molar-refractivity contribution is 0.354. The molecule has 0 atom stereocenters. The van der Waals surface area contributed by atoms with E-state index in [1.807, 2.05) is 37.4 Å². The van der Waals surface area contributed by atoms with Crippen LogP contribution in [0.4, 0.5) is 0 Å². The van der Waals surface area contributed by atoms with Crippen LogP contribution in [0.2, 0.25) is 0 Å². The van der Waals surface area contributed by atoms with E-state index in [0.717, 1.165) is 54.6 Å². The van der Waals surface area contributed by atoms with Gasteiger partial charge < -0.3 is 20.1 Å². The van der Waals surface area contributed by atoms with Gasteiger partial charge in [0, 0.05) is 31.5 Å². The minimum atomic E-state index is 0.691. The maximum atomic E-state index is 5.35. The Balaban J connectivity index is 1.86. The fourth-order valence-corrected chi connectivity index (χ4v) is 2.65. The smallest absolute Gasteiger partial charge is 0.191 e. The molecule has 0 spiro atoms. The van der Waals surface area contributed by atoms with Crippen molar-refractivity contribution in [2.24, 2.45) is 4.99 Å². The van der Waals surface area contributed by atoms with E-state index in [2.05, 4.69) is 33.6 Å². The van der Waals surface area contributed by atoms with Gasteiger partial charge in [0.15, 0.2) is 17.5 Å². The maximum absolute atomic E-state index is 5.35. The van der Waals surface area contributed by atoms with Gasteiger partial charge in [-0.3, -0.25) is 9.98 Å². The molecule has 0 aliphatic heterocycles. The summed E-state index contributed by atoms with van der Waals surface area (Å²) in [4.78, 5) is 8.99. The van der Waals surface area contributed by atoms with E-state index in [-0.39, 0.29) is 0 Å². The molecule has 27 heavy (non-hydrogen) atoms. The molecule has 0 amide bonds. The first kappa shape index (κ1) is 20.6. The van der Waals surface area contributed by atoms with Gasteiger partial charge in [-0.1, -0.05) is 12.1 Å². The molecule has 0 saturated heterocycles. The van der Waals surface area contributed by atoms with Crippen molar-refractivity contribution in [3.05, 3.63) is 53.3 Å². The molecule has 6 nitrogen and oxygen atoms in total. The van der Waals surface area contributed by atoms with E-state index in [1.165, 1.54) is 5.56 Å². The summed E-state index contributed by atoms with van der Waals surface area (Å²) < 4.78 is 10.6. The molecule has 2 N–H and O–H groups in total. The molecule has 6 heteroatoms. The predicted octanol–water partition coefficient (Wildman–Crippen LogP) is 2.75. The number of pyridine rings is 1. The molecule has 146 valence electrons. The van der Waals surface area contributed by atoms with E-state index in [9.17, 15) is 0 Å². The number of rotatable bonds is 9. The molecule has 1 aromatic heterocycles. The van der Waals surface area contributed by atoms with E-state index < -0.39 is 0 Å². The molecule has 0 bridgehead atoms. The van der Waals surface area contributed by atoms with Crippen LogP contribution in [0.15, 0.2) is 41.5 Å². The van der Waals surface area contributed by atoms with Gasteiger partial charge in [0.25, 0.3) is 0 Å². The average molecular weight is 370 g/mol. The third-order valence-corrected chi connectivity index (χ3v) is 4.14. The summed E-state index contributed by atoms with van der Waals surface area (Å²) in [7, 11) is 3.29. The molecule has 0 fully saturated rings. The Hall–Kier alpha value is -2.76. The van der Waals surface area contributed by atoms with Crippen LogP contribution >= 0.6 is 0 Å². The molecule has 1 aromatic carbocycles. The third-order valence-electron chi connectivity index (χ3n) is 4.14. The molecular formula is C21H30N4O2. The van der Waals surface area contributed by atoms with Crippen molar-refractivity contribution in [3.63, 3.8) is 0 Å². The third kappa shape index (κ3) is 6.81. The molecular weight excluding hydrogens is 340 g/mol. The quantitative estimate of drug-likeness (QED) is 0.525. The first-order valence-corrected chi connectivity index (χ1v) is 9.31. The highest BCUT2D eigenvalue weighted by atomic mass is 16.5. The number of nitrogens with zero attached hydrogens (tertiary/aromatic N) is 2. The number of benzene rings is 1. The number of hydrogen-bond acceptors (Lipinski definition) is 4. The Labute approximate surface area is 162 Å². The van der Waals surface area contributed by atoms with Gasteiger partial charge in [-0.2, -0.15) is 0 Å². The number of guanidine groups is 1. The molecule has 0 aliphatic rings. The van der Waals surface area contributed by atoms with Gasteiger partial charge in [0.05, 0.1) is 14.2 Å². The number of aliphatic imine (C=N–C) groups is 1. The number of hydrogen-bond donors (Lipinski definition) is 2. The van der Waals surface area contributed by atoms with Gasteiger partial charge in [-0.25, -0.2) is 0 Å². The van der Waals surface area contributed by atoms with E-state index in [1.54, 1.807) is 14.2 Å². The van der Waals surface area contributed by atoms with Crippen LogP contribution in [-0.4, -0.2) is 44.8 Å². The van der Waals surface area contributed by atoms with Gasteiger partial charge in [0.1, 0.15) is 0 Å². The van der Waals surface area contributed by atoms with Gasteiger partial charge in [-0.05, 0) is 56.0 Å². The molecule has 2 rings (SSSR count). The van der Waals surface area contributed by atoms with Crippen LogP contribution in [0.25, 0.3) is 0 Å².